The van der Waals surface area contributed by atoms with Gasteiger partial charge in [0.15, 0.2) is 0 Å². The standard InChI is InChI=1S/C26H31NO3/c1-6-29-25-19(4)26-23(18(3)20(5)30-26)16-22(25)17(2)15-24(28)27-14-10-13-21-11-8-7-9-12-21/h7-9,11-12,15-16H,6,10,13-14H2,1-5H3,(H,27,28)/b17-15+. The van der Waals surface area contributed by atoms with Crippen molar-refractivity contribution in [1.82, 2.24) is 5.32 Å². The van der Waals surface area contributed by atoms with Crippen molar-refractivity contribution in [2.45, 2.75) is 47.5 Å². The average Bonchev–Trinajstić information content (AvgIpc) is 3.02. The van der Waals surface area contributed by atoms with E-state index in [0.29, 0.717) is 13.2 Å². The lowest BCUT2D eigenvalue weighted by Gasteiger charge is -2.14. The van der Waals surface area contributed by atoms with Gasteiger partial charge in [-0.3, -0.25) is 4.79 Å². The van der Waals surface area contributed by atoms with Gasteiger partial charge in [0.05, 0.1) is 6.61 Å². The molecule has 0 unspecified atom stereocenters. The molecule has 0 spiro atoms. The van der Waals surface area contributed by atoms with E-state index >= 15 is 0 Å². The van der Waals surface area contributed by atoms with Crippen LogP contribution in [0.3, 0.4) is 0 Å². The summed E-state index contributed by atoms with van der Waals surface area (Å²) in [4.78, 5) is 12.5. The zero-order valence-electron chi connectivity index (χ0n) is 18.6. The van der Waals surface area contributed by atoms with Crippen molar-refractivity contribution in [3.8, 4) is 5.75 Å². The number of carbonyl (C=O) groups is 1. The Kier molecular flexibility index (Phi) is 6.99. The molecule has 2 aromatic carbocycles. The summed E-state index contributed by atoms with van der Waals surface area (Å²) >= 11 is 0. The van der Waals surface area contributed by atoms with Gasteiger partial charge in [0.2, 0.25) is 5.91 Å². The number of rotatable bonds is 8. The minimum atomic E-state index is -0.0825. The quantitative estimate of drug-likeness (QED) is 0.374. The van der Waals surface area contributed by atoms with Crippen molar-refractivity contribution in [3.05, 3.63) is 70.5 Å². The van der Waals surface area contributed by atoms with Crippen LogP contribution in [0.1, 0.15) is 48.3 Å². The van der Waals surface area contributed by atoms with Crippen molar-refractivity contribution < 1.29 is 13.9 Å². The number of ether oxygens (including phenoxy) is 1. The zero-order chi connectivity index (χ0) is 21.7. The molecular weight excluding hydrogens is 374 g/mol. The summed E-state index contributed by atoms with van der Waals surface area (Å²) in [5.74, 6) is 1.61. The molecule has 0 atom stereocenters. The van der Waals surface area contributed by atoms with Crippen LogP contribution < -0.4 is 10.1 Å². The third-order valence-corrected chi connectivity index (χ3v) is 5.49. The fraction of sp³-hybridized carbons (Fsp3) is 0.346. The molecule has 0 radical (unpaired) electrons. The van der Waals surface area contributed by atoms with E-state index in [1.165, 1.54) is 5.56 Å². The van der Waals surface area contributed by atoms with Gasteiger partial charge in [-0.15, -0.1) is 0 Å². The lowest BCUT2D eigenvalue weighted by Crippen LogP contribution is -2.22. The number of aryl methyl sites for hydroxylation is 4. The Bertz CT molecular complexity index is 1060. The number of fused-ring (bicyclic) bond motifs is 1. The average molecular weight is 406 g/mol. The first kappa shape index (κ1) is 21.7. The first-order chi connectivity index (χ1) is 14.4. The lowest BCUT2D eigenvalue weighted by molar-refractivity contribution is -0.116. The van der Waals surface area contributed by atoms with E-state index < -0.39 is 0 Å². The van der Waals surface area contributed by atoms with Crippen LogP contribution in [0.2, 0.25) is 0 Å². The number of carbonyl (C=O) groups excluding carboxylic acids is 1. The van der Waals surface area contributed by atoms with Crippen molar-refractivity contribution in [2.24, 2.45) is 0 Å². The molecule has 0 bridgehead atoms. The fourth-order valence-electron chi connectivity index (χ4n) is 3.71. The highest BCUT2D eigenvalue weighted by atomic mass is 16.5. The molecule has 1 amide bonds. The molecule has 1 N–H and O–H groups in total. The molecule has 0 saturated carbocycles. The molecule has 30 heavy (non-hydrogen) atoms. The smallest absolute Gasteiger partial charge is 0.244 e. The monoisotopic (exact) mass is 405 g/mol. The Morgan fingerprint density at radius 3 is 2.57 bits per heavy atom. The molecule has 3 aromatic rings. The third kappa shape index (κ3) is 4.76. The maximum absolute atomic E-state index is 12.5. The molecule has 0 aliphatic carbocycles. The highest BCUT2D eigenvalue weighted by Gasteiger charge is 2.18. The summed E-state index contributed by atoms with van der Waals surface area (Å²) in [5.41, 5.74) is 6.05. The first-order valence-electron chi connectivity index (χ1n) is 10.6. The van der Waals surface area contributed by atoms with E-state index in [2.05, 4.69) is 30.4 Å². The molecule has 158 valence electrons. The number of benzene rings is 2. The molecule has 1 heterocycles. The van der Waals surface area contributed by atoms with Gasteiger partial charge >= 0.3 is 0 Å². The van der Waals surface area contributed by atoms with E-state index in [4.69, 9.17) is 9.15 Å². The van der Waals surface area contributed by atoms with Gasteiger partial charge in [-0.25, -0.2) is 0 Å². The van der Waals surface area contributed by atoms with E-state index in [1.54, 1.807) is 6.08 Å². The molecule has 0 fully saturated rings. The fourth-order valence-corrected chi connectivity index (χ4v) is 3.71. The molecule has 1 aromatic heterocycles. The van der Waals surface area contributed by atoms with E-state index in [-0.39, 0.29) is 5.91 Å². The van der Waals surface area contributed by atoms with Crippen molar-refractivity contribution in [3.63, 3.8) is 0 Å². The Labute approximate surface area is 178 Å². The molecule has 0 saturated heterocycles. The highest BCUT2D eigenvalue weighted by Crippen LogP contribution is 2.38. The highest BCUT2D eigenvalue weighted by molar-refractivity contribution is 5.98. The number of allylic oxidation sites excluding steroid dienone is 1. The van der Waals surface area contributed by atoms with E-state index in [9.17, 15) is 4.79 Å². The summed E-state index contributed by atoms with van der Waals surface area (Å²) in [6.45, 7) is 11.2. The van der Waals surface area contributed by atoms with Crippen molar-refractivity contribution in [1.29, 1.82) is 0 Å². The predicted molar refractivity (Wildman–Crippen MR) is 123 cm³/mol. The molecule has 3 rings (SSSR count). The summed E-state index contributed by atoms with van der Waals surface area (Å²) in [6.07, 6.45) is 3.52. The normalized spacial score (nSPS) is 11.7. The van der Waals surface area contributed by atoms with Crippen LogP contribution in [-0.4, -0.2) is 19.1 Å². The van der Waals surface area contributed by atoms with Gasteiger partial charge in [0.1, 0.15) is 17.1 Å². The van der Waals surface area contributed by atoms with Crippen molar-refractivity contribution in [2.75, 3.05) is 13.2 Å². The van der Waals surface area contributed by atoms with Crippen LogP contribution in [0, 0.1) is 20.8 Å². The van der Waals surface area contributed by atoms with Crippen LogP contribution in [-0.2, 0) is 11.2 Å². The van der Waals surface area contributed by atoms with Gasteiger partial charge in [0, 0.05) is 29.1 Å². The number of hydrogen-bond donors (Lipinski definition) is 1. The van der Waals surface area contributed by atoms with Crippen LogP contribution >= 0.6 is 0 Å². The van der Waals surface area contributed by atoms with Gasteiger partial charge < -0.3 is 14.5 Å². The second kappa shape index (κ2) is 9.66. The lowest BCUT2D eigenvalue weighted by atomic mass is 9.98. The molecule has 0 aliphatic rings. The minimum absolute atomic E-state index is 0.0825. The number of amides is 1. The second-order valence-electron chi connectivity index (χ2n) is 7.68. The van der Waals surface area contributed by atoms with Gasteiger partial charge in [-0.2, -0.15) is 0 Å². The van der Waals surface area contributed by atoms with Crippen LogP contribution in [0.25, 0.3) is 16.5 Å². The summed E-state index contributed by atoms with van der Waals surface area (Å²) in [7, 11) is 0. The number of hydrogen-bond acceptors (Lipinski definition) is 3. The zero-order valence-corrected chi connectivity index (χ0v) is 18.6. The maximum Gasteiger partial charge on any atom is 0.244 e. The number of furan rings is 1. The molecule has 0 aliphatic heterocycles. The second-order valence-corrected chi connectivity index (χ2v) is 7.68. The molecule has 4 heteroatoms. The Morgan fingerprint density at radius 1 is 1.13 bits per heavy atom. The molecule has 4 nitrogen and oxygen atoms in total. The Morgan fingerprint density at radius 2 is 1.87 bits per heavy atom. The number of nitrogens with one attached hydrogen (secondary N) is 1. The summed E-state index contributed by atoms with van der Waals surface area (Å²) < 4.78 is 11.9. The van der Waals surface area contributed by atoms with Crippen molar-refractivity contribution >= 4 is 22.4 Å². The maximum atomic E-state index is 12.5. The SMILES string of the molecule is CCOc1c(/C(C)=C/C(=O)NCCCc2ccccc2)cc2c(C)c(C)oc2c1C. The van der Waals surface area contributed by atoms with Crippen LogP contribution in [0.15, 0.2) is 46.9 Å². The topological polar surface area (TPSA) is 51.5 Å². The van der Waals surface area contributed by atoms with Crippen LogP contribution in [0.5, 0.6) is 5.75 Å². The van der Waals surface area contributed by atoms with E-state index in [1.807, 2.05) is 45.9 Å². The van der Waals surface area contributed by atoms with Crippen LogP contribution in [0.4, 0.5) is 0 Å². The predicted octanol–water partition coefficient (Wildman–Crippen LogP) is 5.91. The Hall–Kier alpha value is -3.01. The third-order valence-electron chi connectivity index (χ3n) is 5.49. The minimum Gasteiger partial charge on any atom is -0.493 e. The first-order valence-corrected chi connectivity index (χ1v) is 10.6. The summed E-state index contributed by atoms with van der Waals surface area (Å²) in [6, 6.07) is 12.4. The summed E-state index contributed by atoms with van der Waals surface area (Å²) in [5, 5.41) is 4.07. The van der Waals surface area contributed by atoms with E-state index in [0.717, 1.165) is 57.6 Å². The largest absolute Gasteiger partial charge is 0.493 e. The van der Waals surface area contributed by atoms with Gasteiger partial charge in [-0.05, 0) is 70.2 Å². The van der Waals surface area contributed by atoms with Gasteiger partial charge in [-0.1, -0.05) is 30.3 Å². The Balaban J connectivity index is 1.76. The van der Waals surface area contributed by atoms with Gasteiger partial charge in [0.25, 0.3) is 0 Å². The molecular formula is C26H31NO3.